The van der Waals surface area contributed by atoms with Crippen LogP contribution in [0.1, 0.15) is 17.0 Å². The van der Waals surface area contributed by atoms with Gasteiger partial charge < -0.3 is 4.74 Å². The van der Waals surface area contributed by atoms with Crippen LogP contribution in [0.3, 0.4) is 0 Å². The van der Waals surface area contributed by atoms with Gasteiger partial charge in [-0.25, -0.2) is 9.67 Å². The fourth-order valence-electron chi connectivity index (χ4n) is 1.65. The summed E-state index contributed by atoms with van der Waals surface area (Å²) in [5.41, 5.74) is 1.79. The van der Waals surface area contributed by atoms with Gasteiger partial charge in [-0.1, -0.05) is 0 Å². The molecule has 0 atom stereocenters. The quantitative estimate of drug-likeness (QED) is 0.796. The number of hydrogen-bond donors (Lipinski definition) is 0. The maximum atomic E-state index is 9.07. The minimum atomic E-state index is 0.206. The number of pyridine rings is 1. The van der Waals surface area contributed by atoms with Crippen molar-refractivity contribution in [2.75, 3.05) is 7.11 Å². The summed E-state index contributed by atoms with van der Waals surface area (Å²) in [4.78, 5) is 4.22. The normalized spacial score (nSPS) is 10.1. The summed E-state index contributed by atoms with van der Waals surface area (Å²) < 4.78 is 6.62. The van der Waals surface area contributed by atoms with Crippen LogP contribution in [0.4, 0.5) is 0 Å². The van der Waals surface area contributed by atoms with Gasteiger partial charge in [-0.2, -0.15) is 10.4 Å². The largest absolute Gasteiger partial charge is 0.495 e. The van der Waals surface area contributed by atoms with Crippen molar-refractivity contribution in [3.63, 3.8) is 0 Å². The topological polar surface area (TPSA) is 63.7 Å². The van der Waals surface area contributed by atoms with Crippen molar-refractivity contribution in [3.05, 3.63) is 35.3 Å². The predicted octanol–water partition coefficient (Wildman–Crippen LogP) is 2.19. The minimum absolute atomic E-state index is 0.206. The number of methoxy groups -OCH3 is 1. The lowest BCUT2D eigenvalue weighted by molar-refractivity contribution is 0.412. The van der Waals surface area contributed by atoms with E-state index >= 15 is 0 Å². The number of rotatable bonds is 3. The van der Waals surface area contributed by atoms with Gasteiger partial charge in [-0.15, -0.1) is 11.6 Å². The lowest BCUT2D eigenvalue weighted by Gasteiger charge is -2.05. The summed E-state index contributed by atoms with van der Waals surface area (Å²) in [5.74, 6) is 1.48. The molecule has 0 N–H and O–H groups in total. The van der Waals surface area contributed by atoms with Crippen molar-refractivity contribution in [3.8, 4) is 17.6 Å². The second-order valence-electron chi connectivity index (χ2n) is 3.62. The van der Waals surface area contributed by atoms with E-state index in [9.17, 15) is 0 Å². The summed E-state index contributed by atoms with van der Waals surface area (Å²) >= 11 is 5.87. The zero-order valence-electron chi connectivity index (χ0n) is 10.0. The molecular weight excluding hydrogens is 252 g/mol. The average Bonchev–Trinajstić information content (AvgIpc) is 2.74. The third-order valence-electron chi connectivity index (χ3n) is 2.57. The highest BCUT2D eigenvalue weighted by molar-refractivity contribution is 6.17. The van der Waals surface area contributed by atoms with Crippen LogP contribution in [0, 0.1) is 18.3 Å². The number of halogens is 1. The lowest BCUT2D eigenvalue weighted by Crippen LogP contribution is -2.03. The third kappa shape index (κ3) is 2.03. The molecule has 0 bridgehead atoms. The predicted molar refractivity (Wildman–Crippen MR) is 66.9 cm³/mol. The van der Waals surface area contributed by atoms with Gasteiger partial charge in [-0.05, 0) is 19.1 Å². The number of aryl methyl sites for hydroxylation is 1. The van der Waals surface area contributed by atoms with E-state index in [0.717, 1.165) is 0 Å². The van der Waals surface area contributed by atoms with Crippen molar-refractivity contribution in [1.82, 2.24) is 14.8 Å². The number of nitriles is 1. The lowest BCUT2D eigenvalue weighted by atomic mass is 10.2. The smallest absolute Gasteiger partial charge is 0.153 e. The fraction of sp³-hybridized carbons (Fsp3) is 0.250. The Hall–Kier alpha value is -2.06. The molecule has 0 fully saturated rings. The molecule has 0 spiro atoms. The van der Waals surface area contributed by atoms with Crippen molar-refractivity contribution >= 4 is 11.6 Å². The van der Waals surface area contributed by atoms with Gasteiger partial charge in [0.1, 0.15) is 11.8 Å². The first-order valence-electron chi connectivity index (χ1n) is 5.26. The van der Waals surface area contributed by atoms with Crippen molar-refractivity contribution in [1.29, 1.82) is 5.26 Å². The van der Waals surface area contributed by atoms with Crippen LogP contribution in [0.15, 0.2) is 18.3 Å². The molecule has 0 aromatic carbocycles. The number of hydrogen-bond acceptors (Lipinski definition) is 4. The molecule has 2 aromatic heterocycles. The molecule has 0 radical (unpaired) electrons. The molecule has 0 amide bonds. The minimum Gasteiger partial charge on any atom is -0.495 e. The number of alkyl halides is 1. The zero-order chi connectivity index (χ0) is 13.1. The van der Waals surface area contributed by atoms with Gasteiger partial charge in [0.15, 0.2) is 5.82 Å². The van der Waals surface area contributed by atoms with Crippen LogP contribution in [0.2, 0.25) is 0 Å². The van der Waals surface area contributed by atoms with Crippen LogP contribution >= 0.6 is 11.6 Å². The van der Waals surface area contributed by atoms with Gasteiger partial charge in [0.2, 0.25) is 0 Å². The standard InChI is InChI=1S/C12H11ClN4O/c1-8-10(6-14)11(5-13)17(16-8)12-4-3-9(18-2)7-15-12/h3-4,7H,5H2,1-2H3. The second kappa shape index (κ2) is 5.07. The van der Waals surface area contributed by atoms with Crippen LogP contribution in [0.5, 0.6) is 5.75 Å². The Balaban J connectivity index is 2.53. The van der Waals surface area contributed by atoms with Gasteiger partial charge in [0.25, 0.3) is 0 Å². The number of ether oxygens (including phenoxy) is 1. The summed E-state index contributed by atoms with van der Waals surface area (Å²) in [7, 11) is 1.58. The van der Waals surface area contributed by atoms with Gasteiger partial charge >= 0.3 is 0 Å². The van der Waals surface area contributed by atoms with E-state index in [4.69, 9.17) is 21.6 Å². The molecule has 2 heterocycles. The number of aromatic nitrogens is 3. The molecule has 2 aromatic rings. The maximum absolute atomic E-state index is 9.07. The maximum Gasteiger partial charge on any atom is 0.153 e. The second-order valence-corrected chi connectivity index (χ2v) is 3.89. The Bertz CT molecular complexity index is 598. The molecule has 0 unspecified atom stereocenters. The van der Waals surface area contributed by atoms with E-state index in [1.54, 1.807) is 37.0 Å². The molecule has 2 rings (SSSR count). The number of nitrogens with zero attached hydrogens (tertiary/aromatic N) is 4. The summed E-state index contributed by atoms with van der Waals surface area (Å²) in [6.45, 7) is 1.77. The van der Waals surface area contributed by atoms with E-state index < -0.39 is 0 Å². The monoisotopic (exact) mass is 262 g/mol. The van der Waals surface area contributed by atoms with Gasteiger partial charge in [0.05, 0.1) is 36.1 Å². The molecule has 92 valence electrons. The van der Waals surface area contributed by atoms with E-state index in [-0.39, 0.29) is 5.88 Å². The van der Waals surface area contributed by atoms with Crippen LogP contribution in [-0.2, 0) is 5.88 Å². The van der Waals surface area contributed by atoms with Gasteiger partial charge in [-0.3, -0.25) is 0 Å². The van der Waals surface area contributed by atoms with E-state index in [2.05, 4.69) is 16.2 Å². The third-order valence-corrected chi connectivity index (χ3v) is 2.82. The highest BCUT2D eigenvalue weighted by atomic mass is 35.5. The molecule has 6 heteroatoms. The highest BCUT2D eigenvalue weighted by Gasteiger charge is 2.15. The van der Waals surface area contributed by atoms with Crippen molar-refractivity contribution in [2.24, 2.45) is 0 Å². The molecule has 0 saturated carbocycles. The Morgan fingerprint density at radius 3 is 2.78 bits per heavy atom. The molecule has 0 aliphatic carbocycles. The molecular formula is C12H11ClN4O. The van der Waals surface area contributed by atoms with Gasteiger partial charge in [0, 0.05) is 0 Å². The summed E-state index contributed by atoms with van der Waals surface area (Å²) in [6.07, 6.45) is 1.59. The first-order valence-corrected chi connectivity index (χ1v) is 5.79. The Morgan fingerprint density at radius 2 is 2.28 bits per heavy atom. The van der Waals surface area contributed by atoms with Crippen LogP contribution in [-0.4, -0.2) is 21.9 Å². The first-order chi connectivity index (χ1) is 8.71. The molecule has 0 aliphatic rings. The van der Waals surface area contributed by atoms with Crippen molar-refractivity contribution in [2.45, 2.75) is 12.8 Å². The Morgan fingerprint density at radius 1 is 1.50 bits per heavy atom. The van der Waals surface area contributed by atoms with Crippen LogP contribution in [0.25, 0.3) is 5.82 Å². The van der Waals surface area contributed by atoms with E-state index in [1.165, 1.54) is 0 Å². The van der Waals surface area contributed by atoms with E-state index in [0.29, 0.717) is 28.5 Å². The highest BCUT2D eigenvalue weighted by Crippen LogP contribution is 2.19. The molecule has 18 heavy (non-hydrogen) atoms. The molecule has 0 saturated heterocycles. The molecule has 5 nitrogen and oxygen atoms in total. The average molecular weight is 263 g/mol. The fourth-order valence-corrected chi connectivity index (χ4v) is 1.90. The van der Waals surface area contributed by atoms with Crippen molar-refractivity contribution < 1.29 is 4.74 Å². The van der Waals surface area contributed by atoms with E-state index in [1.807, 2.05) is 0 Å². The SMILES string of the molecule is COc1ccc(-n2nc(C)c(C#N)c2CCl)nc1. The summed E-state index contributed by atoms with van der Waals surface area (Å²) in [5, 5.41) is 13.4. The zero-order valence-corrected chi connectivity index (χ0v) is 10.8. The van der Waals surface area contributed by atoms with Crippen LogP contribution < -0.4 is 4.74 Å². The first kappa shape index (κ1) is 12.4. The Labute approximate surface area is 110 Å². The Kier molecular flexibility index (Phi) is 3.49. The summed E-state index contributed by atoms with van der Waals surface area (Å²) in [6, 6.07) is 5.65. The molecule has 0 aliphatic heterocycles.